The maximum absolute atomic E-state index is 13.9. The average Bonchev–Trinajstić information content (AvgIpc) is 2.55. The van der Waals surface area contributed by atoms with Gasteiger partial charge in [0, 0.05) is 6.61 Å². The fourth-order valence-corrected chi connectivity index (χ4v) is 3.12. The van der Waals surface area contributed by atoms with Gasteiger partial charge in [-0.2, -0.15) is 13.2 Å². The van der Waals surface area contributed by atoms with Crippen molar-refractivity contribution >= 4 is 17.6 Å². The van der Waals surface area contributed by atoms with Gasteiger partial charge in [0.2, 0.25) is 5.91 Å². The second-order valence-electron chi connectivity index (χ2n) is 6.12. The molecule has 26 heavy (non-hydrogen) atoms. The maximum Gasteiger partial charge on any atom is 0.416 e. The summed E-state index contributed by atoms with van der Waals surface area (Å²) in [7, 11) is 0. The molecule has 144 valence electrons. The van der Waals surface area contributed by atoms with E-state index in [1.54, 1.807) is 6.92 Å². The van der Waals surface area contributed by atoms with Crippen molar-refractivity contribution in [3.63, 3.8) is 0 Å². The Morgan fingerprint density at radius 2 is 1.96 bits per heavy atom. The summed E-state index contributed by atoms with van der Waals surface area (Å²) in [6.07, 6.45) is -4.12. The van der Waals surface area contributed by atoms with Gasteiger partial charge in [0.05, 0.1) is 29.2 Å². The first-order chi connectivity index (χ1) is 12.1. The lowest BCUT2D eigenvalue weighted by Gasteiger charge is -2.32. The van der Waals surface area contributed by atoms with E-state index in [1.165, 1.54) is 0 Å². The van der Waals surface area contributed by atoms with Crippen molar-refractivity contribution < 1.29 is 37.0 Å². The van der Waals surface area contributed by atoms with E-state index < -0.39 is 47.0 Å². The molecule has 2 rings (SSSR count). The normalized spacial score (nSPS) is 23.5. The molecule has 5 nitrogen and oxygen atoms in total. The van der Waals surface area contributed by atoms with E-state index in [1.807, 2.05) is 0 Å². The van der Waals surface area contributed by atoms with E-state index in [0.717, 1.165) is 6.07 Å². The lowest BCUT2D eigenvalue weighted by molar-refractivity contribution is -0.150. The summed E-state index contributed by atoms with van der Waals surface area (Å²) >= 11 is 0. The number of ether oxygens (including phenoxy) is 1. The monoisotopic (exact) mass is 377 g/mol. The minimum absolute atomic E-state index is 0.152. The van der Waals surface area contributed by atoms with E-state index in [-0.39, 0.29) is 25.0 Å². The van der Waals surface area contributed by atoms with Gasteiger partial charge in [0.25, 0.3) is 0 Å². The van der Waals surface area contributed by atoms with Gasteiger partial charge >= 0.3 is 12.1 Å². The first-order valence-electron chi connectivity index (χ1n) is 8.15. The number of benzene rings is 1. The van der Waals surface area contributed by atoms with Crippen molar-refractivity contribution in [2.75, 3.05) is 11.9 Å². The summed E-state index contributed by atoms with van der Waals surface area (Å²) in [5.41, 5.74) is -1.60. The Morgan fingerprint density at radius 3 is 2.50 bits per heavy atom. The van der Waals surface area contributed by atoms with Crippen LogP contribution in [0.5, 0.6) is 0 Å². The van der Waals surface area contributed by atoms with Crippen molar-refractivity contribution in [3.05, 3.63) is 29.6 Å². The number of hydrogen-bond acceptors (Lipinski definition) is 3. The number of alkyl halides is 3. The summed E-state index contributed by atoms with van der Waals surface area (Å²) in [5.74, 6) is -5.05. The Kier molecular flexibility index (Phi) is 6.22. The van der Waals surface area contributed by atoms with Gasteiger partial charge in [-0.25, -0.2) is 4.39 Å². The van der Waals surface area contributed by atoms with Crippen LogP contribution in [0.1, 0.15) is 31.7 Å². The highest BCUT2D eigenvalue weighted by molar-refractivity contribution is 5.95. The van der Waals surface area contributed by atoms with E-state index >= 15 is 0 Å². The van der Waals surface area contributed by atoms with Crippen LogP contribution in [-0.2, 0) is 20.5 Å². The molecule has 1 aliphatic carbocycles. The van der Waals surface area contributed by atoms with Gasteiger partial charge in [0.1, 0.15) is 5.82 Å². The number of rotatable bonds is 5. The zero-order chi connectivity index (χ0) is 19.5. The molecular formula is C17H19F4NO4. The van der Waals surface area contributed by atoms with Crippen molar-refractivity contribution in [2.24, 2.45) is 11.8 Å². The third kappa shape index (κ3) is 4.72. The highest BCUT2D eigenvalue weighted by Crippen LogP contribution is 2.34. The Balaban J connectivity index is 2.17. The highest BCUT2D eigenvalue weighted by atomic mass is 19.4. The molecule has 1 aromatic carbocycles. The average molecular weight is 377 g/mol. The molecule has 0 aromatic heterocycles. The first-order valence-corrected chi connectivity index (χ1v) is 8.15. The van der Waals surface area contributed by atoms with Crippen LogP contribution in [0.3, 0.4) is 0 Å². The Bertz CT molecular complexity index is 677. The number of nitrogens with one attached hydrogen (secondary N) is 1. The third-order valence-corrected chi connectivity index (χ3v) is 4.41. The molecule has 0 spiro atoms. The zero-order valence-electron chi connectivity index (χ0n) is 14.0. The molecular weight excluding hydrogens is 358 g/mol. The molecule has 0 heterocycles. The van der Waals surface area contributed by atoms with E-state index in [0.29, 0.717) is 19.1 Å². The fourth-order valence-electron chi connectivity index (χ4n) is 3.12. The number of halogens is 4. The molecule has 0 aliphatic heterocycles. The van der Waals surface area contributed by atoms with Crippen molar-refractivity contribution in [1.29, 1.82) is 0 Å². The SMILES string of the molecule is CCOC1CCC(C(=O)O)C(C(=O)Nc2ccc(C(F)(F)F)cc2F)C1. The van der Waals surface area contributed by atoms with E-state index in [2.05, 4.69) is 5.32 Å². The van der Waals surface area contributed by atoms with Gasteiger partial charge in [-0.1, -0.05) is 0 Å². The summed E-state index contributed by atoms with van der Waals surface area (Å²) in [4.78, 5) is 23.8. The van der Waals surface area contributed by atoms with Crippen LogP contribution in [-0.4, -0.2) is 29.7 Å². The molecule has 0 bridgehead atoms. The first kappa shape index (κ1) is 20.2. The minimum Gasteiger partial charge on any atom is -0.481 e. The number of carboxylic acids is 1. The number of carboxylic acid groups (broad SMARTS) is 1. The van der Waals surface area contributed by atoms with Crippen LogP contribution < -0.4 is 5.32 Å². The smallest absolute Gasteiger partial charge is 0.416 e. The van der Waals surface area contributed by atoms with Gasteiger partial charge < -0.3 is 15.2 Å². The number of carbonyl (C=O) groups excluding carboxylic acids is 1. The Hall–Kier alpha value is -2.16. The topological polar surface area (TPSA) is 75.6 Å². The quantitative estimate of drug-likeness (QED) is 0.768. The summed E-state index contributed by atoms with van der Waals surface area (Å²) in [5, 5.41) is 11.5. The standard InChI is InChI=1S/C17H19F4NO4/c1-2-26-10-4-5-11(16(24)25)12(8-10)15(23)22-14-6-3-9(7-13(14)18)17(19,20)21/h3,6-7,10-12H,2,4-5,8H2,1H3,(H,22,23)(H,24,25). The molecule has 3 atom stereocenters. The molecule has 0 radical (unpaired) electrons. The molecule has 3 unspecified atom stereocenters. The molecule has 0 saturated heterocycles. The van der Waals surface area contributed by atoms with Crippen LogP contribution in [0.2, 0.25) is 0 Å². The van der Waals surface area contributed by atoms with Gasteiger partial charge in [0.15, 0.2) is 0 Å². The lowest BCUT2D eigenvalue weighted by atomic mass is 9.77. The van der Waals surface area contributed by atoms with Crippen molar-refractivity contribution in [2.45, 2.75) is 38.5 Å². The zero-order valence-corrected chi connectivity index (χ0v) is 14.0. The highest BCUT2D eigenvalue weighted by Gasteiger charge is 2.40. The maximum atomic E-state index is 13.9. The van der Waals surface area contributed by atoms with Crippen LogP contribution in [0.15, 0.2) is 18.2 Å². The van der Waals surface area contributed by atoms with Crippen LogP contribution in [0.25, 0.3) is 0 Å². The van der Waals surface area contributed by atoms with Crippen LogP contribution in [0, 0.1) is 17.7 Å². The molecule has 1 aromatic rings. The lowest BCUT2D eigenvalue weighted by Crippen LogP contribution is -2.40. The second-order valence-corrected chi connectivity index (χ2v) is 6.12. The molecule has 1 saturated carbocycles. The van der Waals surface area contributed by atoms with Crippen LogP contribution in [0.4, 0.5) is 23.2 Å². The van der Waals surface area contributed by atoms with Gasteiger partial charge in [-0.15, -0.1) is 0 Å². The summed E-state index contributed by atoms with van der Waals surface area (Å²) < 4.78 is 57.1. The summed E-state index contributed by atoms with van der Waals surface area (Å²) in [6.45, 7) is 2.18. The molecule has 9 heteroatoms. The Labute approximate surface area is 147 Å². The minimum atomic E-state index is -4.70. The van der Waals surface area contributed by atoms with Crippen LogP contribution >= 0.6 is 0 Å². The van der Waals surface area contributed by atoms with E-state index in [9.17, 15) is 32.3 Å². The van der Waals surface area contributed by atoms with Crippen molar-refractivity contribution in [3.8, 4) is 0 Å². The molecule has 2 N–H and O–H groups in total. The third-order valence-electron chi connectivity index (χ3n) is 4.41. The predicted octanol–water partition coefficient (Wildman–Crippen LogP) is 3.69. The fraction of sp³-hybridized carbons (Fsp3) is 0.529. The molecule has 1 amide bonds. The predicted molar refractivity (Wildman–Crippen MR) is 83.9 cm³/mol. The largest absolute Gasteiger partial charge is 0.481 e. The van der Waals surface area contributed by atoms with Crippen molar-refractivity contribution in [1.82, 2.24) is 0 Å². The number of carbonyl (C=O) groups is 2. The molecule has 1 aliphatic rings. The van der Waals surface area contributed by atoms with Gasteiger partial charge in [-0.3, -0.25) is 9.59 Å². The number of hydrogen-bond donors (Lipinski definition) is 2. The van der Waals surface area contributed by atoms with E-state index in [4.69, 9.17) is 4.74 Å². The summed E-state index contributed by atoms with van der Waals surface area (Å²) in [6, 6.07) is 1.75. The Morgan fingerprint density at radius 1 is 1.27 bits per heavy atom. The van der Waals surface area contributed by atoms with Gasteiger partial charge in [-0.05, 0) is 44.4 Å². The second kappa shape index (κ2) is 8.03. The molecule has 1 fully saturated rings. The number of anilines is 1. The number of aliphatic carboxylic acids is 1. The number of amides is 1.